The third-order valence-electron chi connectivity index (χ3n) is 4.10. The zero-order chi connectivity index (χ0) is 22.3. The molecule has 160 valence electrons. The van der Waals surface area contributed by atoms with E-state index in [4.69, 9.17) is 4.74 Å². The Labute approximate surface area is 179 Å². The molecule has 7 nitrogen and oxygen atoms in total. The summed E-state index contributed by atoms with van der Waals surface area (Å²) in [5, 5.41) is 6.33. The summed E-state index contributed by atoms with van der Waals surface area (Å²) in [5.74, 6) is -0.0366. The Kier molecular flexibility index (Phi) is 6.99. The molecule has 0 aliphatic heterocycles. The highest BCUT2D eigenvalue weighted by Crippen LogP contribution is 2.16. The normalized spacial score (nSPS) is 11.3. The maximum atomic E-state index is 13.6. The van der Waals surface area contributed by atoms with Gasteiger partial charge in [-0.15, -0.1) is 0 Å². The Morgan fingerprint density at radius 1 is 1.03 bits per heavy atom. The van der Waals surface area contributed by atoms with Crippen molar-refractivity contribution in [2.45, 2.75) is 18.4 Å². The number of hydrogen-bond acceptors (Lipinski definition) is 5. The van der Waals surface area contributed by atoms with E-state index in [1.165, 1.54) is 43.5 Å². The number of nitrogens with one attached hydrogen (secondary N) is 2. The molecule has 0 spiro atoms. The second kappa shape index (κ2) is 9.86. The zero-order valence-electron chi connectivity index (χ0n) is 16.6. The molecule has 1 amide bonds. The van der Waals surface area contributed by atoms with E-state index in [1.807, 2.05) is 0 Å². The number of hydrogen-bond donors (Lipinski definition) is 2. The van der Waals surface area contributed by atoms with Crippen molar-refractivity contribution >= 4 is 27.8 Å². The van der Waals surface area contributed by atoms with Crippen LogP contribution in [0.3, 0.4) is 0 Å². The van der Waals surface area contributed by atoms with Gasteiger partial charge in [0, 0.05) is 18.2 Å². The molecule has 3 rings (SSSR count). The van der Waals surface area contributed by atoms with Gasteiger partial charge in [0.25, 0.3) is 10.0 Å². The Morgan fingerprint density at radius 3 is 2.35 bits per heavy atom. The first-order valence-electron chi connectivity index (χ1n) is 9.22. The maximum absolute atomic E-state index is 13.6. The maximum Gasteiger partial charge on any atom is 0.276 e. The minimum atomic E-state index is -3.85. The predicted molar refractivity (Wildman–Crippen MR) is 116 cm³/mol. The number of amides is 1. The molecular weight excluding hydrogens is 421 g/mol. The van der Waals surface area contributed by atoms with Gasteiger partial charge in [-0.1, -0.05) is 18.2 Å². The van der Waals surface area contributed by atoms with Crippen molar-refractivity contribution in [3.05, 3.63) is 89.7 Å². The molecule has 0 aromatic heterocycles. The lowest BCUT2D eigenvalue weighted by Crippen LogP contribution is -2.18. The number of benzene rings is 3. The van der Waals surface area contributed by atoms with E-state index in [1.54, 1.807) is 42.5 Å². The number of anilines is 1. The molecule has 2 N–H and O–H groups in total. The highest BCUT2D eigenvalue weighted by atomic mass is 32.2. The van der Waals surface area contributed by atoms with Crippen molar-refractivity contribution in [3.8, 4) is 5.75 Å². The number of ether oxygens (including phenoxy) is 1. The average Bonchev–Trinajstić information content (AvgIpc) is 2.74. The van der Waals surface area contributed by atoms with Crippen molar-refractivity contribution in [3.63, 3.8) is 0 Å². The van der Waals surface area contributed by atoms with Crippen molar-refractivity contribution in [2.24, 2.45) is 5.10 Å². The van der Waals surface area contributed by atoms with Crippen molar-refractivity contribution in [1.29, 1.82) is 0 Å². The molecule has 9 heteroatoms. The third kappa shape index (κ3) is 6.38. The summed E-state index contributed by atoms with van der Waals surface area (Å²) in [5.41, 5.74) is 1.59. The van der Waals surface area contributed by atoms with Crippen LogP contribution in [0.2, 0.25) is 0 Å². The monoisotopic (exact) mass is 441 g/mol. The molecule has 0 fully saturated rings. The van der Waals surface area contributed by atoms with Gasteiger partial charge >= 0.3 is 0 Å². The SMILES string of the molecule is CC(=O)Nc1ccc(S(=O)(=O)N/N=C\c2ccc(OCc3ccccc3F)cc2)cc1. The van der Waals surface area contributed by atoms with Crippen LogP contribution in [-0.4, -0.2) is 20.5 Å². The van der Waals surface area contributed by atoms with Gasteiger partial charge in [0.2, 0.25) is 5.91 Å². The molecule has 3 aromatic carbocycles. The summed E-state index contributed by atoms with van der Waals surface area (Å²) in [6.07, 6.45) is 1.35. The van der Waals surface area contributed by atoms with Crippen LogP contribution in [0.5, 0.6) is 5.75 Å². The molecule has 31 heavy (non-hydrogen) atoms. The summed E-state index contributed by atoms with van der Waals surface area (Å²) in [4.78, 5) is 13.2. The van der Waals surface area contributed by atoms with Crippen LogP contribution in [0.4, 0.5) is 10.1 Å². The van der Waals surface area contributed by atoms with E-state index < -0.39 is 10.0 Å². The summed E-state index contributed by atoms with van der Waals surface area (Å²) < 4.78 is 43.8. The lowest BCUT2D eigenvalue weighted by molar-refractivity contribution is -0.114. The molecular formula is C22H20FN3O4S. The molecule has 0 radical (unpaired) electrons. The topological polar surface area (TPSA) is 96.9 Å². The Morgan fingerprint density at radius 2 is 1.71 bits per heavy atom. The molecule has 0 saturated carbocycles. The summed E-state index contributed by atoms with van der Waals surface area (Å²) in [6.45, 7) is 1.46. The number of rotatable bonds is 8. The van der Waals surface area contributed by atoms with Crippen molar-refractivity contribution in [2.75, 3.05) is 5.32 Å². The van der Waals surface area contributed by atoms with E-state index in [0.717, 1.165) is 0 Å². The lowest BCUT2D eigenvalue weighted by atomic mass is 10.2. The van der Waals surface area contributed by atoms with Crippen LogP contribution in [0.15, 0.2) is 82.8 Å². The van der Waals surface area contributed by atoms with Crippen LogP contribution < -0.4 is 14.9 Å². The summed E-state index contributed by atoms with van der Waals surface area (Å²) >= 11 is 0. The fourth-order valence-corrected chi connectivity index (χ4v) is 3.36. The number of carbonyl (C=O) groups excluding carboxylic acids is 1. The van der Waals surface area contributed by atoms with Gasteiger partial charge in [-0.25, -0.2) is 9.22 Å². The first-order valence-corrected chi connectivity index (χ1v) is 10.7. The summed E-state index contributed by atoms with van der Waals surface area (Å²) in [6, 6.07) is 18.8. The Hall–Kier alpha value is -3.72. The molecule has 0 atom stereocenters. The van der Waals surface area contributed by atoms with Gasteiger partial charge in [0.05, 0.1) is 11.1 Å². The molecule has 3 aromatic rings. The molecule has 0 aliphatic rings. The first kappa shape index (κ1) is 22.0. The predicted octanol–water partition coefficient (Wildman–Crippen LogP) is 3.68. The van der Waals surface area contributed by atoms with Crippen LogP contribution in [0, 0.1) is 5.82 Å². The van der Waals surface area contributed by atoms with Gasteiger partial charge in [-0.2, -0.15) is 13.5 Å². The van der Waals surface area contributed by atoms with Crippen molar-refractivity contribution in [1.82, 2.24) is 4.83 Å². The van der Waals surface area contributed by atoms with Gasteiger partial charge in [0.15, 0.2) is 0 Å². The lowest BCUT2D eigenvalue weighted by Gasteiger charge is -2.07. The minimum absolute atomic E-state index is 0.00986. The minimum Gasteiger partial charge on any atom is -0.489 e. The molecule has 0 heterocycles. The highest BCUT2D eigenvalue weighted by molar-refractivity contribution is 7.89. The van der Waals surface area contributed by atoms with Crippen LogP contribution >= 0.6 is 0 Å². The van der Waals surface area contributed by atoms with Crippen molar-refractivity contribution < 1.29 is 22.3 Å². The Bertz CT molecular complexity index is 1180. The number of carbonyl (C=O) groups is 1. The second-order valence-electron chi connectivity index (χ2n) is 6.51. The zero-order valence-corrected chi connectivity index (χ0v) is 17.4. The fraction of sp³-hybridized carbons (Fsp3) is 0.0909. The van der Waals surface area contributed by atoms with E-state index in [-0.39, 0.29) is 23.2 Å². The number of nitrogens with zero attached hydrogens (tertiary/aromatic N) is 1. The third-order valence-corrected chi connectivity index (χ3v) is 5.34. The van der Waals surface area contributed by atoms with Gasteiger partial charge in [-0.3, -0.25) is 4.79 Å². The quantitative estimate of drug-likeness (QED) is 0.412. The summed E-state index contributed by atoms with van der Waals surface area (Å²) in [7, 11) is -3.85. The Balaban J connectivity index is 1.56. The van der Waals surface area contributed by atoms with Crippen LogP contribution in [0.1, 0.15) is 18.1 Å². The number of halogens is 1. The van der Waals surface area contributed by atoms with Gasteiger partial charge in [0.1, 0.15) is 18.2 Å². The smallest absolute Gasteiger partial charge is 0.276 e. The molecule has 0 aliphatic carbocycles. The van der Waals surface area contributed by atoms with E-state index in [9.17, 15) is 17.6 Å². The van der Waals surface area contributed by atoms with Crippen LogP contribution in [-0.2, 0) is 21.4 Å². The first-order chi connectivity index (χ1) is 14.8. The molecule has 0 unspecified atom stereocenters. The second-order valence-corrected chi connectivity index (χ2v) is 8.17. The van der Waals surface area contributed by atoms with E-state index in [2.05, 4.69) is 15.2 Å². The average molecular weight is 441 g/mol. The van der Waals surface area contributed by atoms with Gasteiger partial charge < -0.3 is 10.1 Å². The largest absolute Gasteiger partial charge is 0.489 e. The van der Waals surface area contributed by atoms with E-state index >= 15 is 0 Å². The molecule has 0 bridgehead atoms. The van der Waals surface area contributed by atoms with E-state index in [0.29, 0.717) is 22.6 Å². The highest BCUT2D eigenvalue weighted by Gasteiger charge is 2.12. The number of hydrazone groups is 1. The standard InChI is InChI=1S/C22H20FN3O4S/c1-16(27)25-19-8-12-21(13-9-19)31(28,29)26-24-14-17-6-10-20(11-7-17)30-15-18-4-2-3-5-22(18)23/h2-14,26H,15H2,1H3,(H,25,27)/b24-14-. The van der Waals surface area contributed by atoms with Crippen LogP contribution in [0.25, 0.3) is 0 Å². The molecule has 0 saturated heterocycles. The number of sulfonamides is 1. The van der Waals surface area contributed by atoms with Gasteiger partial charge in [-0.05, 0) is 60.2 Å². The fourth-order valence-electron chi connectivity index (χ4n) is 2.57.